The number of rotatable bonds is 3. The minimum Gasteiger partial charge on any atom is -0.510 e. The molecule has 0 N–H and O–H groups in total. The van der Waals surface area contributed by atoms with Crippen LogP contribution in [0.5, 0.6) is 0 Å². The first kappa shape index (κ1) is 33.9. The molecule has 7 heteroatoms. The van der Waals surface area contributed by atoms with Crippen molar-refractivity contribution >= 4 is 82.4 Å². The topological polar surface area (TPSA) is 53.4 Å². The Labute approximate surface area is 413 Å². The molecular weight excluding hydrogens is 1000 g/mol. The van der Waals surface area contributed by atoms with Crippen molar-refractivity contribution in [2.24, 2.45) is 5.92 Å². The van der Waals surface area contributed by atoms with E-state index in [1.54, 1.807) is 30.5 Å². The predicted octanol–water partition coefficient (Wildman–Crippen LogP) is 15.8. The average molecular weight is 1060 g/mol. The molecule has 6 heterocycles. The van der Waals surface area contributed by atoms with Gasteiger partial charge in [-0.1, -0.05) is 141 Å². The first-order valence-electron chi connectivity index (χ1n) is 25.9. The van der Waals surface area contributed by atoms with Gasteiger partial charge in [0, 0.05) is 72.0 Å². The van der Waals surface area contributed by atoms with Crippen LogP contribution in [0.2, 0.25) is 0 Å². The fraction of sp³-hybridized carbons (Fsp3) is 0.100. The molecule has 0 aliphatic carbocycles. The van der Waals surface area contributed by atoms with Crippen molar-refractivity contribution in [2.75, 3.05) is 0 Å². The Hall–Kier alpha value is -7.53. The van der Waals surface area contributed by atoms with Crippen LogP contribution in [0, 0.1) is 31.8 Å². The van der Waals surface area contributed by atoms with Gasteiger partial charge in [0.25, 0.3) is 0 Å². The second kappa shape index (κ2) is 17.0. The van der Waals surface area contributed by atoms with Crippen molar-refractivity contribution in [2.45, 2.75) is 33.9 Å². The molecule has 13 aromatic rings. The van der Waals surface area contributed by atoms with E-state index in [4.69, 9.17) is 22.0 Å². The van der Waals surface area contributed by atoms with Gasteiger partial charge in [-0.2, -0.15) is 24.3 Å². The smallest absolute Gasteiger partial charge is 0.135 e. The molecule has 0 saturated carbocycles. The number of hydrogen-bond acceptors (Lipinski definition) is 3. The molecule has 14 rings (SSSR count). The van der Waals surface area contributed by atoms with Crippen LogP contribution >= 0.6 is 0 Å². The van der Waals surface area contributed by atoms with Crippen LogP contribution in [-0.4, -0.2) is 18.5 Å². The third-order valence-corrected chi connectivity index (χ3v) is 12.2. The summed E-state index contributed by atoms with van der Waals surface area (Å²) < 4.78 is 90.2. The Morgan fingerprint density at radius 3 is 2.21 bits per heavy atom. The average Bonchev–Trinajstić information content (AvgIpc) is 3.94. The number of para-hydroxylation sites is 5. The molecule has 0 atom stereocenters. The SMILES string of the molecule is [2H]C([2H])([2H])c1ccccc1-c1cccc2c3ccccc3oc3ccc(cc3)c3cnc(cc3C([2H])([2H])C(C)C)n3c4[c-]c(ccc4c4ccccc43)oc3[c-]c(ccc3C([2H])([2H])[2H])n3[cH-]n(c12)-c1ccccc1-3.[Pt]. The number of imidazole rings is 1. The van der Waals surface area contributed by atoms with Crippen LogP contribution in [0.4, 0.5) is 0 Å². The van der Waals surface area contributed by atoms with E-state index in [1.807, 2.05) is 173 Å². The molecule has 0 fully saturated rings. The maximum atomic E-state index is 9.52. The second-order valence-corrected chi connectivity index (χ2v) is 16.7. The molecule has 0 spiro atoms. The number of fused-ring (bicyclic) bond motifs is 5. The van der Waals surface area contributed by atoms with E-state index in [9.17, 15) is 2.74 Å². The molecule has 5 aromatic heterocycles. The van der Waals surface area contributed by atoms with Crippen molar-refractivity contribution in [3.05, 3.63) is 211 Å². The fourth-order valence-corrected chi connectivity index (χ4v) is 9.24. The monoisotopic (exact) mass is 1060 g/mol. The number of nitrogens with zero attached hydrogens (tertiary/aromatic N) is 4. The van der Waals surface area contributed by atoms with Crippen molar-refractivity contribution in [1.82, 2.24) is 18.5 Å². The van der Waals surface area contributed by atoms with Gasteiger partial charge in [0.15, 0.2) is 0 Å². The normalized spacial score (nSPS) is 14.0. The number of benzene rings is 8. The number of aromatic nitrogens is 4. The van der Waals surface area contributed by atoms with E-state index in [1.165, 1.54) is 6.07 Å². The quantitative estimate of drug-likeness (QED) is 0.166. The largest absolute Gasteiger partial charge is 0.510 e. The summed E-state index contributed by atoms with van der Waals surface area (Å²) in [6.07, 6.45) is 1.82. The zero-order valence-corrected chi connectivity index (χ0v) is 38.6. The Bertz CT molecular complexity index is 4370. The van der Waals surface area contributed by atoms with Gasteiger partial charge >= 0.3 is 0 Å². The van der Waals surface area contributed by atoms with Crippen LogP contribution in [0.15, 0.2) is 191 Å². The van der Waals surface area contributed by atoms with Gasteiger partial charge in [0.2, 0.25) is 0 Å². The maximum Gasteiger partial charge on any atom is 0.135 e. The Morgan fingerprint density at radius 2 is 1.37 bits per heavy atom. The van der Waals surface area contributed by atoms with Gasteiger partial charge in [-0.15, -0.1) is 28.6 Å². The summed E-state index contributed by atoms with van der Waals surface area (Å²) >= 11 is 0. The zero-order chi connectivity index (χ0) is 51.3. The molecule has 1 aliphatic heterocycles. The van der Waals surface area contributed by atoms with Crippen molar-refractivity contribution in [3.63, 3.8) is 0 Å². The molecule has 8 aromatic carbocycles. The molecule has 0 radical (unpaired) electrons. The standard InChI is InChI=1S/C60H45N4O2.Pt/c1-38(2)32-42-33-59-61-36-52(42)41-25-28-44(29-26-41)65-57-23-12-8-17-49(57)51-19-13-18-50(46-15-6-5-14-39(46)3)60(51)63-37-62(54-21-10-11-22-55(54)63)43-27-24-40(4)58(34-43)66-45-30-31-48-47-16-7-9-20-53(47)64(59)56(48)35-45;/h5-31,33,36-38H,32H2,1-4H3;/q-3;/i3D3,4D3,32D2;. The van der Waals surface area contributed by atoms with Gasteiger partial charge in [-0.05, 0) is 105 Å². The van der Waals surface area contributed by atoms with Gasteiger partial charge in [-0.3, -0.25) is 0 Å². The fourth-order valence-electron chi connectivity index (χ4n) is 9.24. The second-order valence-electron chi connectivity index (χ2n) is 16.7. The molecule has 6 nitrogen and oxygen atoms in total. The molecule has 330 valence electrons. The van der Waals surface area contributed by atoms with Crippen LogP contribution in [-0.2, 0) is 27.4 Å². The summed E-state index contributed by atoms with van der Waals surface area (Å²) in [6.45, 7) is -1.32. The molecule has 0 unspecified atom stereocenters. The third kappa shape index (κ3) is 7.33. The van der Waals surface area contributed by atoms with Gasteiger partial charge < -0.3 is 22.4 Å². The number of pyridine rings is 1. The number of aryl methyl sites for hydroxylation is 2. The first-order chi connectivity index (χ1) is 35.5. The number of hydrogen-bond donors (Lipinski definition) is 0. The van der Waals surface area contributed by atoms with Crippen molar-refractivity contribution in [3.8, 4) is 22.5 Å². The minimum absolute atomic E-state index is 0. The van der Waals surface area contributed by atoms with E-state index in [0.717, 1.165) is 43.8 Å². The summed E-state index contributed by atoms with van der Waals surface area (Å²) in [4.78, 5) is 5.03. The van der Waals surface area contributed by atoms with E-state index in [0.29, 0.717) is 55.4 Å². The van der Waals surface area contributed by atoms with Crippen LogP contribution < -0.4 is 0 Å². The Morgan fingerprint density at radius 1 is 0.642 bits per heavy atom. The van der Waals surface area contributed by atoms with Crippen LogP contribution in [0.25, 0.3) is 105 Å². The van der Waals surface area contributed by atoms with Gasteiger partial charge in [0.05, 0.1) is 0 Å². The molecule has 0 saturated heterocycles. The Kier molecular flexibility index (Phi) is 8.61. The molecule has 0 amide bonds. The molecule has 10 bridgehead atoms. The summed E-state index contributed by atoms with van der Waals surface area (Å²) in [5, 5.41) is 4.56. The maximum absolute atomic E-state index is 9.52. The third-order valence-electron chi connectivity index (χ3n) is 12.2. The van der Waals surface area contributed by atoms with Crippen LogP contribution in [0.1, 0.15) is 41.5 Å². The van der Waals surface area contributed by atoms with Gasteiger partial charge in [0.1, 0.15) is 16.8 Å². The summed E-state index contributed by atoms with van der Waals surface area (Å²) in [5.41, 5.74) is 7.52. The zero-order valence-electron chi connectivity index (χ0n) is 44.3. The summed E-state index contributed by atoms with van der Waals surface area (Å²) in [7, 11) is 0. The minimum atomic E-state index is -2.60. The van der Waals surface area contributed by atoms with E-state index in [-0.39, 0.29) is 43.4 Å². The van der Waals surface area contributed by atoms with E-state index >= 15 is 0 Å². The molecule has 1 aliphatic rings. The Balaban J connectivity index is 0.00000602. The predicted molar refractivity (Wildman–Crippen MR) is 272 cm³/mol. The molecule has 67 heavy (non-hydrogen) atoms. The van der Waals surface area contributed by atoms with Crippen LogP contribution in [0.3, 0.4) is 0 Å². The first-order valence-corrected chi connectivity index (χ1v) is 21.9. The van der Waals surface area contributed by atoms with Crippen molar-refractivity contribution < 1.29 is 40.9 Å². The van der Waals surface area contributed by atoms with Crippen molar-refractivity contribution in [1.29, 1.82) is 0 Å². The van der Waals surface area contributed by atoms with E-state index < -0.39 is 26.0 Å². The summed E-state index contributed by atoms with van der Waals surface area (Å²) in [6, 6.07) is 59.3. The molecular formula is C60H45N4O2Pt-3. The van der Waals surface area contributed by atoms with E-state index in [2.05, 4.69) is 12.1 Å². The van der Waals surface area contributed by atoms with Gasteiger partial charge in [-0.25, -0.2) is 4.98 Å². The summed E-state index contributed by atoms with van der Waals surface area (Å²) in [5.74, 6) is -0.412.